The van der Waals surface area contributed by atoms with E-state index in [0.29, 0.717) is 41.0 Å². The van der Waals surface area contributed by atoms with Gasteiger partial charge in [0.25, 0.3) is 5.91 Å². The van der Waals surface area contributed by atoms with E-state index in [1.807, 2.05) is 32.9 Å². The Morgan fingerprint density at radius 2 is 1.78 bits per heavy atom. The zero-order valence-electron chi connectivity index (χ0n) is 13.5. The molecule has 1 amide bonds. The average Bonchev–Trinajstić information content (AvgIpc) is 2.53. The van der Waals surface area contributed by atoms with E-state index in [1.165, 1.54) is 0 Å². The maximum absolute atomic E-state index is 12.5. The molecular formula is C18H20ClNO3. The van der Waals surface area contributed by atoms with Gasteiger partial charge in [0.05, 0.1) is 23.9 Å². The second-order valence-electron chi connectivity index (χ2n) is 4.91. The van der Waals surface area contributed by atoms with Crippen LogP contribution in [0.5, 0.6) is 11.5 Å². The average molecular weight is 334 g/mol. The smallest absolute Gasteiger partial charge is 0.255 e. The number of rotatable bonds is 6. The topological polar surface area (TPSA) is 47.6 Å². The molecule has 2 aromatic rings. The highest BCUT2D eigenvalue weighted by molar-refractivity contribution is 6.34. The van der Waals surface area contributed by atoms with E-state index in [9.17, 15) is 4.79 Å². The highest BCUT2D eigenvalue weighted by Crippen LogP contribution is 2.30. The lowest BCUT2D eigenvalue weighted by Gasteiger charge is -2.13. The van der Waals surface area contributed by atoms with Crippen molar-refractivity contribution in [1.82, 2.24) is 0 Å². The number of nitrogens with one attached hydrogen (secondary N) is 1. The fraction of sp³-hybridized carbons (Fsp3) is 0.278. The summed E-state index contributed by atoms with van der Waals surface area (Å²) in [6, 6.07) is 10.6. The first kappa shape index (κ1) is 17.2. The van der Waals surface area contributed by atoms with Gasteiger partial charge in [-0.3, -0.25) is 4.79 Å². The standard InChI is InChI=1S/C18H20ClNO3/c1-4-22-15-10-9-13(11-16(15)23-5-2)18(21)20-17-12(3)7-6-8-14(17)19/h6-11H,4-5H2,1-3H3,(H,20,21). The van der Waals surface area contributed by atoms with Crippen molar-refractivity contribution in [2.45, 2.75) is 20.8 Å². The number of para-hydroxylation sites is 1. The van der Waals surface area contributed by atoms with Crippen molar-refractivity contribution in [3.63, 3.8) is 0 Å². The zero-order valence-corrected chi connectivity index (χ0v) is 14.2. The van der Waals surface area contributed by atoms with Gasteiger partial charge in [0, 0.05) is 5.56 Å². The van der Waals surface area contributed by atoms with Gasteiger partial charge in [-0.25, -0.2) is 0 Å². The van der Waals surface area contributed by atoms with Gasteiger partial charge >= 0.3 is 0 Å². The summed E-state index contributed by atoms with van der Waals surface area (Å²) in [5.74, 6) is 0.933. The van der Waals surface area contributed by atoms with Crippen molar-refractivity contribution in [3.05, 3.63) is 52.5 Å². The lowest BCUT2D eigenvalue weighted by molar-refractivity contribution is 0.102. The summed E-state index contributed by atoms with van der Waals surface area (Å²) < 4.78 is 11.0. The van der Waals surface area contributed by atoms with Crippen molar-refractivity contribution in [2.75, 3.05) is 18.5 Å². The Morgan fingerprint density at radius 3 is 2.43 bits per heavy atom. The van der Waals surface area contributed by atoms with Crippen molar-refractivity contribution in [3.8, 4) is 11.5 Å². The molecule has 0 atom stereocenters. The Hall–Kier alpha value is -2.20. The molecule has 0 fully saturated rings. The van der Waals surface area contributed by atoms with Gasteiger partial charge in [-0.2, -0.15) is 0 Å². The fourth-order valence-electron chi connectivity index (χ4n) is 2.17. The van der Waals surface area contributed by atoms with Crippen LogP contribution in [0.3, 0.4) is 0 Å². The largest absolute Gasteiger partial charge is 0.490 e. The Kier molecular flexibility index (Phi) is 5.88. The zero-order chi connectivity index (χ0) is 16.8. The molecule has 0 saturated heterocycles. The predicted octanol–water partition coefficient (Wildman–Crippen LogP) is 4.70. The molecule has 0 unspecified atom stereocenters. The molecule has 122 valence electrons. The van der Waals surface area contributed by atoms with Gasteiger partial charge in [-0.15, -0.1) is 0 Å². The Bertz CT molecular complexity index is 680. The van der Waals surface area contributed by atoms with Crippen LogP contribution in [0, 0.1) is 6.92 Å². The number of aryl methyl sites for hydroxylation is 1. The van der Waals surface area contributed by atoms with Crippen LogP contribution in [0.2, 0.25) is 5.02 Å². The van der Waals surface area contributed by atoms with Gasteiger partial charge in [-0.05, 0) is 50.6 Å². The summed E-state index contributed by atoms with van der Waals surface area (Å²) >= 11 is 6.15. The van der Waals surface area contributed by atoms with Crippen LogP contribution in [0.15, 0.2) is 36.4 Å². The number of carbonyl (C=O) groups is 1. The molecule has 2 rings (SSSR count). The molecule has 1 N–H and O–H groups in total. The molecule has 0 spiro atoms. The minimum absolute atomic E-state index is 0.245. The predicted molar refractivity (Wildman–Crippen MR) is 92.9 cm³/mol. The number of benzene rings is 2. The van der Waals surface area contributed by atoms with Crippen LogP contribution in [-0.2, 0) is 0 Å². The van der Waals surface area contributed by atoms with Crippen molar-refractivity contribution >= 4 is 23.2 Å². The van der Waals surface area contributed by atoms with E-state index in [2.05, 4.69) is 5.32 Å². The number of carbonyl (C=O) groups excluding carboxylic acids is 1. The van der Waals surface area contributed by atoms with Crippen LogP contribution in [-0.4, -0.2) is 19.1 Å². The summed E-state index contributed by atoms with van der Waals surface area (Å²) in [4.78, 5) is 12.5. The third-order valence-electron chi connectivity index (χ3n) is 3.27. The van der Waals surface area contributed by atoms with Crippen LogP contribution >= 0.6 is 11.6 Å². The van der Waals surface area contributed by atoms with Gasteiger partial charge in [0.1, 0.15) is 0 Å². The Morgan fingerprint density at radius 1 is 1.09 bits per heavy atom. The van der Waals surface area contributed by atoms with E-state index >= 15 is 0 Å². The maximum atomic E-state index is 12.5. The summed E-state index contributed by atoms with van der Waals surface area (Å²) in [6.07, 6.45) is 0. The maximum Gasteiger partial charge on any atom is 0.255 e. The molecule has 0 radical (unpaired) electrons. The molecule has 0 saturated carbocycles. The summed E-state index contributed by atoms with van der Waals surface area (Å²) in [6.45, 7) is 6.70. The molecule has 4 nitrogen and oxygen atoms in total. The first-order valence-electron chi connectivity index (χ1n) is 7.52. The number of hydrogen-bond acceptors (Lipinski definition) is 3. The quantitative estimate of drug-likeness (QED) is 0.833. The lowest BCUT2D eigenvalue weighted by Crippen LogP contribution is -2.13. The summed E-state index contributed by atoms with van der Waals surface area (Å²) in [5, 5.41) is 3.36. The van der Waals surface area contributed by atoms with Gasteiger partial charge < -0.3 is 14.8 Å². The van der Waals surface area contributed by atoms with E-state index in [0.717, 1.165) is 5.56 Å². The molecule has 5 heteroatoms. The SMILES string of the molecule is CCOc1ccc(C(=O)Nc2c(C)cccc2Cl)cc1OCC. The molecular weight excluding hydrogens is 314 g/mol. The molecule has 0 aromatic heterocycles. The summed E-state index contributed by atoms with van der Waals surface area (Å²) in [5.41, 5.74) is 2.00. The first-order valence-corrected chi connectivity index (χ1v) is 7.90. The number of hydrogen-bond donors (Lipinski definition) is 1. The monoisotopic (exact) mass is 333 g/mol. The molecule has 0 aliphatic rings. The normalized spacial score (nSPS) is 10.3. The number of halogens is 1. The molecule has 2 aromatic carbocycles. The van der Waals surface area contributed by atoms with Gasteiger partial charge in [-0.1, -0.05) is 23.7 Å². The second-order valence-corrected chi connectivity index (χ2v) is 5.32. The van der Waals surface area contributed by atoms with Crippen LogP contribution in [0.25, 0.3) is 0 Å². The minimum atomic E-state index is -0.245. The number of anilines is 1. The highest BCUT2D eigenvalue weighted by Gasteiger charge is 2.14. The van der Waals surface area contributed by atoms with E-state index in [1.54, 1.807) is 24.3 Å². The van der Waals surface area contributed by atoms with Crippen LogP contribution < -0.4 is 14.8 Å². The highest BCUT2D eigenvalue weighted by atomic mass is 35.5. The minimum Gasteiger partial charge on any atom is -0.490 e. The van der Waals surface area contributed by atoms with Crippen LogP contribution in [0.1, 0.15) is 29.8 Å². The molecule has 0 aliphatic carbocycles. The second kappa shape index (κ2) is 7.88. The Labute approximate surface area is 141 Å². The van der Waals surface area contributed by atoms with E-state index in [-0.39, 0.29) is 5.91 Å². The number of amides is 1. The number of ether oxygens (including phenoxy) is 2. The first-order chi connectivity index (χ1) is 11.1. The van der Waals surface area contributed by atoms with Gasteiger partial charge in [0.2, 0.25) is 0 Å². The molecule has 0 bridgehead atoms. The molecule has 0 aliphatic heterocycles. The molecule has 23 heavy (non-hydrogen) atoms. The van der Waals surface area contributed by atoms with Gasteiger partial charge in [0.15, 0.2) is 11.5 Å². The third-order valence-corrected chi connectivity index (χ3v) is 3.58. The lowest BCUT2D eigenvalue weighted by atomic mass is 10.1. The summed E-state index contributed by atoms with van der Waals surface area (Å²) in [7, 11) is 0. The van der Waals surface area contributed by atoms with Crippen molar-refractivity contribution in [2.24, 2.45) is 0 Å². The van der Waals surface area contributed by atoms with E-state index < -0.39 is 0 Å². The van der Waals surface area contributed by atoms with Crippen LogP contribution in [0.4, 0.5) is 5.69 Å². The van der Waals surface area contributed by atoms with E-state index in [4.69, 9.17) is 21.1 Å². The molecule has 0 heterocycles. The third kappa shape index (κ3) is 4.17. The fourth-order valence-corrected chi connectivity index (χ4v) is 2.44. The Balaban J connectivity index is 2.27. The van der Waals surface area contributed by atoms with Crippen molar-refractivity contribution < 1.29 is 14.3 Å². The van der Waals surface area contributed by atoms with Crippen molar-refractivity contribution in [1.29, 1.82) is 0 Å².